The number of ether oxygens (including phenoxy) is 2. The van der Waals surface area contributed by atoms with E-state index in [2.05, 4.69) is 4.90 Å². The molecule has 22 heavy (non-hydrogen) atoms. The molecule has 0 spiro atoms. The summed E-state index contributed by atoms with van der Waals surface area (Å²) >= 11 is 0. The average Bonchev–Trinajstić information content (AvgIpc) is 2.53. The van der Waals surface area contributed by atoms with Gasteiger partial charge in [-0.2, -0.15) is 0 Å². The first kappa shape index (κ1) is 21.8. The number of hydrogen-bond acceptors (Lipinski definition) is 4. The quantitative estimate of drug-likeness (QED) is 0.393. The normalized spacial score (nSPS) is 11.5. The molecule has 0 amide bonds. The monoisotopic (exact) mass is 317 g/mol. The first-order chi connectivity index (χ1) is 10.8. The lowest BCUT2D eigenvalue weighted by molar-refractivity contribution is 0.189. The highest BCUT2D eigenvalue weighted by Gasteiger charge is 2.04. The van der Waals surface area contributed by atoms with Gasteiger partial charge in [0.25, 0.3) is 0 Å². The molecule has 0 aromatic rings. The third kappa shape index (κ3) is 16.2. The number of hydrogen-bond donors (Lipinski definition) is 1. The van der Waals surface area contributed by atoms with E-state index in [9.17, 15) is 0 Å². The van der Waals surface area contributed by atoms with Crippen molar-refractivity contribution in [2.24, 2.45) is 0 Å². The maximum atomic E-state index is 8.93. The fourth-order valence-electron chi connectivity index (χ4n) is 2.65. The topological polar surface area (TPSA) is 41.9 Å². The third-order valence-electron chi connectivity index (χ3n) is 4.03. The Labute approximate surface area is 138 Å². The van der Waals surface area contributed by atoms with Crippen LogP contribution in [-0.2, 0) is 9.47 Å². The summed E-state index contributed by atoms with van der Waals surface area (Å²) in [6.45, 7) is 5.65. The molecule has 0 aromatic heterocycles. The molecule has 0 aromatic carbocycles. The van der Waals surface area contributed by atoms with Gasteiger partial charge in [-0.05, 0) is 58.2 Å². The second-order valence-corrected chi connectivity index (χ2v) is 6.09. The fourth-order valence-corrected chi connectivity index (χ4v) is 2.65. The van der Waals surface area contributed by atoms with Crippen molar-refractivity contribution in [1.29, 1.82) is 0 Å². The van der Waals surface area contributed by atoms with Crippen molar-refractivity contribution >= 4 is 0 Å². The van der Waals surface area contributed by atoms with Gasteiger partial charge in [0.05, 0.1) is 0 Å². The Morgan fingerprint density at radius 3 is 1.41 bits per heavy atom. The second kappa shape index (κ2) is 18.9. The number of methoxy groups -OCH3 is 2. The Bertz CT molecular complexity index is 187. The molecule has 0 aliphatic heterocycles. The maximum absolute atomic E-state index is 8.93. The molecule has 0 radical (unpaired) electrons. The minimum Gasteiger partial charge on any atom is -0.396 e. The van der Waals surface area contributed by atoms with Crippen LogP contribution >= 0.6 is 0 Å². The summed E-state index contributed by atoms with van der Waals surface area (Å²) in [6.07, 6.45) is 12.1. The highest BCUT2D eigenvalue weighted by molar-refractivity contribution is 4.60. The van der Waals surface area contributed by atoms with E-state index in [1.165, 1.54) is 64.5 Å². The molecule has 0 atom stereocenters. The van der Waals surface area contributed by atoms with Gasteiger partial charge in [0, 0.05) is 34.0 Å². The van der Waals surface area contributed by atoms with Gasteiger partial charge in [-0.25, -0.2) is 0 Å². The lowest BCUT2D eigenvalue weighted by Crippen LogP contribution is -2.27. The van der Waals surface area contributed by atoms with Crippen LogP contribution in [0.3, 0.4) is 0 Å². The van der Waals surface area contributed by atoms with Crippen LogP contribution in [0.15, 0.2) is 0 Å². The molecule has 0 fully saturated rings. The van der Waals surface area contributed by atoms with Gasteiger partial charge in [-0.1, -0.05) is 25.7 Å². The average molecular weight is 318 g/mol. The zero-order chi connectivity index (χ0) is 16.3. The zero-order valence-electron chi connectivity index (χ0n) is 15.0. The highest BCUT2D eigenvalue weighted by Crippen LogP contribution is 2.07. The minimum absolute atomic E-state index is 0.321. The lowest BCUT2D eigenvalue weighted by Gasteiger charge is -2.22. The molecular formula is C18H39NO3. The summed E-state index contributed by atoms with van der Waals surface area (Å²) in [5, 5.41) is 8.93. The fraction of sp³-hybridized carbons (Fsp3) is 1.00. The van der Waals surface area contributed by atoms with Gasteiger partial charge >= 0.3 is 0 Å². The van der Waals surface area contributed by atoms with Crippen molar-refractivity contribution < 1.29 is 14.6 Å². The molecular weight excluding hydrogens is 278 g/mol. The van der Waals surface area contributed by atoms with Gasteiger partial charge in [-0.15, -0.1) is 0 Å². The smallest absolute Gasteiger partial charge is 0.0462 e. The minimum atomic E-state index is 0.321. The predicted molar refractivity (Wildman–Crippen MR) is 93.4 cm³/mol. The summed E-state index contributed by atoms with van der Waals surface area (Å²) < 4.78 is 10.2. The van der Waals surface area contributed by atoms with Crippen molar-refractivity contribution in [2.45, 2.75) is 64.2 Å². The molecule has 0 rings (SSSR count). The van der Waals surface area contributed by atoms with Crippen LogP contribution < -0.4 is 0 Å². The van der Waals surface area contributed by atoms with E-state index in [0.29, 0.717) is 6.61 Å². The Balaban J connectivity index is 3.65. The van der Waals surface area contributed by atoms with E-state index in [-0.39, 0.29) is 0 Å². The molecule has 4 nitrogen and oxygen atoms in total. The first-order valence-electron chi connectivity index (χ1n) is 9.16. The largest absolute Gasteiger partial charge is 0.396 e. The number of nitrogens with zero attached hydrogens (tertiary/aromatic N) is 1. The molecule has 134 valence electrons. The van der Waals surface area contributed by atoms with Crippen molar-refractivity contribution in [3.05, 3.63) is 0 Å². The number of aliphatic hydroxyl groups excluding tert-OH is 1. The maximum Gasteiger partial charge on any atom is 0.0462 e. The SMILES string of the molecule is COCCCCCCN(CCCCO)CCCCCCOC. The molecule has 4 heteroatoms. The van der Waals surface area contributed by atoms with Crippen LogP contribution in [0.5, 0.6) is 0 Å². The van der Waals surface area contributed by atoms with E-state index in [4.69, 9.17) is 14.6 Å². The Morgan fingerprint density at radius 1 is 0.591 bits per heavy atom. The molecule has 0 heterocycles. The number of rotatable bonds is 18. The zero-order valence-corrected chi connectivity index (χ0v) is 15.0. The van der Waals surface area contributed by atoms with Crippen LogP contribution in [0.25, 0.3) is 0 Å². The summed E-state index contributed by atoms with van der Waals surface area (Å²) in [4.78, 5) is 2.59. The van der Waals surface area contributed by atoms with Crippen LogP contribution in [0.2, 0.25) is 0 Å². The Hall–Kier alpha value is -0.160. The summed E-state index contributed by atoms with van der Waals surface area (Å²) in [5.74, 6) is 0. The predicted octanol–water partition coefficient (Wildman–Crippen LogP) is 3.47. The van der Waals surface area contributed by atoms with Gasteiger partial charge in [0.15, 0.2) is 0 Å². The van der Waals surface area contributed by atoms with Gasteiger partial charge in [0.2, 0.25) is 0 Å². The molecule has 0 aliphatic carbocycles. The van der Waals surface area contributed by atoms with Gasteiger partial charge in [-0.3, -0.25) is 0 Å². The Kier molecular flexibility index (Phi) is 18.8. The molecule has 0 bridgehead atoms. The summed E-state index contributed by atoms with van der Waals surface area (Å²) in [5.41, 5.74) is 0. The van der Waals surface area contributed by atoms with Crippen molar-refractivity contribution in [3.8, 4) is 0 Å². The van der Waals surface area contributed by atoms with E-state index < -0.39 is 0 Å². The third-order valence-corrected chi connectivity index (χ3v) is 4.03. The first-order valence-corrected chi connectivity index (χ1v) is 9.16. The highest BCUT2D eigenvalue weighted by atomic mass is 16.5. The molecule has 0 aliphatic rings. The van der Waals surface area contributed by atoms with Crippen LogP contribution in [0.4, 0.5) is 0 Å². The van der Waals surface area contributed by atoms with E-state index >= 15 is 0 Å². The molecule has 1 N–H and O–H groups in total. The molecule has 0 unspecified atom stereocenters. The van der Waals surface area contributed by atoms with Crippen LogP contribution in [-0.4, -0.2) is 63.7 Å². The van der Waals surface area contributed by atoms with E-state index in [1.807, 2.05) is 0 Å². The van der Waals surface area contributed by atoms with Crippen molar-refractivity contribution in [1.82, 2.24) is 4.90 Å². The number of aliphatic hydroxyl groups is 1. The molecule has 0 saturated carbocycles. The Morgan fingerprint density at radius 2 is 1.00 bits per heavy atom. The van der Waals surface area contributed by atoms with Gasteiger partial charge in [0.1, 0.15) is 0 Å². The summed E-state index contributed by atoms with van der Waals surface area (Å²) in [7, 11) is 3.55. The van der Waals surface area contributed by atoms with E-state index in [1.54, 1.807) is 14.2 Å². The summed E-state index contributed by atoms with van der Waals surface area (Å²) in [6, 6.07) is 0. The lowest BCUT2D eigenvalue weighted by atomic mass is 10.1. The van der Waals surface area contributed by atoms with Gasteiger partial charge < -0.3 is 19.5 Å². The van der Waals surface area contributed by atoms with Crippen molar-refractivity contribution in [3.63, 3.8) is 0 Å². The van der Waals surface area contributed by atoms with Crippen LogP contribution in [0, 0.1) is 0 Å². The second-order valence-electron chi connectivity index (χ2n) is 6.09. The van der Waals surface area contributed by atoms with E-state index in [0.717, 1.165) is 32.6 Å². The van der Waals surface area contributed by atoms with Crippen molar-refractivity contribution in [2.75, 3.05) is 53.7 Å². The molecule has 0 saturated heterocycles. The van der Waals surface area contributed by atoms with Crippen LogP contribution in [0.1, 0.15) is 64.2 Å². The number of unbranched alkanes of at least 4 members (excludes halogenated alkanes) is 7. The standard InChI is InChI=1S/C18H39NO3/c1-21-17-11-5-3-7-13-19(15-9-10-16-20)14-8-4-6-12-18-22-2/h20H,3-18H2,1-2H3.